The second-order valence-electron chi connectivity index (χ2n) is 3.06. The van der Waals surface area contributed by atoms with Crippen molar-refractivity contribution in [3.05, 3.63) is 0 Å². The summed E-state index contributed by atoms with van der Waals surface area (Å²) >= 11 is 0. The minimum Gasteiger partial charge on any atom is -0.481 e. The standard InChI is InChI=1S/C7H16O2.C2H4O2/c1-4-9-7(8)5-6(2)3;1-2(3)4/h6-8H,4-5H2,1-3H3;1H3,(H,3,4). The van der Waals surface area contributed by atoms with Crippen molar-refractivity contribution in [1.29, 1.82) is 0 Å². The molecular weight excluding hydrogens is 172 g/mol. The maximum Gasteiger partial charge on any atom is 0.300 e. The number of hydrogen-bond acceptors (Lipinski definition) is 3. The molecule has 2 N–H and O–H groups in total. The van der Waals surface area contributed by atoms with E-state index in [-0.39, 0.29) is 0 Å². The van der Waals surface area contributed by atoms with Crippen molar-refractivity contribution in [3.63, 3.8) is 0 Å². The van der Waals surface area contributed by atoms with E-state index in [2.05, 4.69) is 13.8 Å². The second kappa shape index (κ2) is 9.48. The summed E-state index contributed by atoms with van der Waals surface area (Å²) in [6.45, 7) is 7.67. The molecule has 0 aliphatic carbocycles. The molecule has 13 heavy (non-hydrogen) atoms. The molecule has 0 amide bonds. The number of carboxylic acids is 1. The zero-order chi connectivity index (χ0) is 10.9. The number of aliphatic hydroxyl groups excluding tert-OH is 1. The fraction of sp³-hybridized carbons (Fsp3) is 0.889. The first-order valence-corrected chi connectivity index (χ1v) is 4.39. The van der Waals surface area contributed by atoms with Crippen LogP contribution in [0, 0.1) is 5.92 Å². The van der Waals surface area contributed by atoms with Crippen LogP contribution in [0.4, 0.5) is 0 Å². The molecule has 0 rings (SSSR count). The summed E-state index contributed by atoms with van der Waals surface area (Å²) in [7, 11) is 0. The molecule has 0 bridgehead atoms. The van der Waals surface area contributed by atoms with Crippen LogP contribution in [0.25, 0.3) is 0 Å². The molecular formula is C9H20O4. The lowest BCUT2D eigenvalue weighted by molar-refractivity contribution is -0.134. The normalized spacial score (nSPS) is 11.8. The van der Waals surface area contributed by atoms with E-state index in [4.69, 9.17) is 19.7 Å². The van der Waals surface area contributed by atoms with Crippen LogP contribution in [0.3, 0.4) is 0 Å². The molecule has 0 radical (unpaired) electrons. The maximum atomic E-state index is 9.00. The Hall–Kier alpha value is -0.610. The third-order valence-corrected chi connectivity index (χ3v) is 1.03. The molecule has 0 fully saturated rings. The van der Waals surface area contributed by atoms with Crippen molar-refractivity contribution < 1.29 is 19.7 Å². The van der Waals surface area contributed by atoms with Gasteiger partial charge in [0.15, 0.2) is 6.29 Å². The lowest BCUT2D eigenvalue weighted by Crippen LogP contribution is -2.13. The molecule has 0 heterocycles. The van der Waals surface area contributed by atoms with E-state index >= 15 is 0 Å². The van der Waals surface area contributed by atoms with Gasteiger partial charge in [-0.1, -0.05) is 13.8 Å². The highest BCUT2D eigenvalue weighted by atomic mass is 16.6. The summed E-state index contributed by atoms with van der Waals surface area (Å²) in [5, 5.41) is 16.4. The number of carboxylic acid groups (broad SMARTS) is 1. The van der Waals surface area contributed by atoms with E-state index < -0.39 is 12.3 Å². The smallest absolute Gasteiger partial charge is 0.300 e. The Morgan fingerprint density at radius 1 is 1.46 bits per heavy atom. The zero-order valence-electron chi connectivity index (χ0n) is 8.78. The number of aliphatic hydroxyl groups is 1. The molecule has 0 aromatic carbocycles. The monoisotopic (exact) mass is 192 g/mol. The van der Waals surface area contributed by atoms with Crippen molar-refractivity contribution in [2.75, 3.05) is 6.61 Å². The molecule has 0 saturated heterocycles. The summed E-state index contributed by atoms with van der Waals surface area (Å²) in [4.78, 5) is 9.00. The predicted molar refractivity (Wildman–Crippen MR) is 50.4 cm³/mol. The van der Waals surface area contributed by atoms with E-state index in [0.717, 1.165) is 13.3 Å². The van der Waals surface area contributed by atoms with Gasteiger partial charge >= 0.3 is 0 Å². The van der Waals surface area contributed by atoms with E-state index in [1.54, 1.807) is 0 Å². The molecule has 0 aliphatic rings. The third-order valence-electron chi connectivity index (χ3n) is 1.03. The average molecular weight is 192 g/mol. The van der Waals surface area contributed by atoms with Crippen molar-refractivity contribution in [2.24, 2.45) is 5.92 Å². The number of hydrogen-bond donors (Lipinski definition) is 2. The first-order chi connectivity index (χ1) is 5.90. The van der Waals surface area contributed by atoms with Gasteiger partial charge in [-0.3, -0.25) is 4.79 Å². The van der Waals surface area contributed by atoms with Crippen LogP contribution in [0.2, 0.25) is 0 Å². The fourth-order valence-corrected chi connectivity index (χ4v) is 0.664. The molecule has 0 saturated carbocycles. The van der Waals surface area contributed by atoms with Gasteiger partial charge in [0.05, 0.1) is 0 Å². The molecule has 1 unspecified atom stereocenters. The summed E-state index contributed by atoms with van der Waals surface area (Å²) in [5.74, 6) is -0.327. The van der Waals surface area contributed by atoms with Crippen LogP contribution in [-0.2, 0) is 9.53 Å². The van der Waals surface area contributed by atoms with Crippen molar-refractivity contribution in [1.82, 2.24) is 0 Å². The predicted octanol–water partition coefficient (Wildman–Crippen LogP) is 1.48. The minimum atomic E-state index is -0.833. The van der Waals surface area contributed by atoms with E-state index in [9.17, 15) is 0 Å². The van der Waals surface area contributed by atoms with Crippen LogP contribution >= 0.6 is 0 Å². The van der Waals surface area contributed by atoms with E-state index in [1.807, 2.05) is 6.92 Å². The zero-order valence-corrected chi connectivity index (χ0v) is 8.78. The van der Waals surface area contributed by atoms with Crippen LogP contribution in [0.1, 0.15) is 34.1 Å². The highest BCUT2D eigenvalue weighted by Crippen LogP contribution is 2.04. The highest BCUT2D eigenvalue weighted by Gasteiger charge is 2.04. The van der Waals surface area contributed by atoms with Gasteiger partial charge in [0.2, 0.25) is 0 Å². The summed E-state index contributed by atoms with van der Waals surface area (Å²) < 4.78 is 4.91. The Bertz CT molecular complexity index is 119. The van der Waals surface area contributed by atoms with Gasteiger partial charge in [0, 0.05) is 20.0 Å². The van der Waals surface area contributed by atoms with Crippen LogP contribution in [0.5, 0.6) is 0 Å². The molecule has 0 spiro atoms. The molecule has 0 aromatic heterocycles. The Labute approximate surface area is 79.5 Å². The number of aliphatic carboxylic acids is 1. The molecule has 4 nitrogen and oxygen atoms in total. The van der Waals surface area contributed by atoms with Crippen molar-refractivity contribution >= 4 is 5.97 Å². The average Bonchev–Trinajstić information content (AvgIpc) is 1.83. The Morgan fingerprint density at radius 2 is 1.85 bits per heavy atom. The van der Waals surface area contributed by atoms with Gasteiger partial charge < -0.3 is 14.9 Å². The topological polar surface area (TPSA) is 66.8 Å². The van der Waals surface area contributed by atoms with Crippen molar-refractivity contribution in [3.8, 4) is 0 Å². The molecule has 1 atom stereocenters. The van der Waals surface area contributed by atoms with Gasteiger partial charge in [-0.15, -0.1) is 0 Å². The minimum absolute atomic E-state index is 0.506. The maximum absolute atomic E-state index is 9.00. The second-order valence-corrected chi connectivity index (χ2v) is 3.06. The largest absolute Gasteiger partial charge is 0.481 e. The molecule has 0 aliphatic heterocycles. The third kappa shape index (κ3) is 24.6. The van der Waals surface area contributed by atoms with Crippen molar-refractivity contribution in [2.45, 2.75) is 40.4 Å². The number of ether oxygens (including phenoxy) is 1. The quantitative estimate of drug-likeness (QED) is 0.662. The lowest BCUT2D eigenvalue weighted by atomic mass is 10.1. The van der Waals surface area contributed by atoms with E-state index in [1.165, 1.54) is 0 Å². The van der Waals surface area contributed by atoms with Gasteiger partial charge in [-0.25, -0.2) is 0 Å². The molecule has 0 aromatic rings. The number of rotatable bonds is 4. The SMILES string of the molecule is CC(=O)O.CCOC(O)CC(C)C. The Kier molecular flexibility index (Phi) is 10.9. The molecule has 4 heteroatoms. The van der Waals surface area contributed by atoms with Gasteiger partial charge in [-0.2, -0.15) is 0 Å². The van der Waals surface area contributed by atoms with E-state index in [0.29, 0.717) is 12.5 Å². The van der Waals surface area contributed by atoms with Gasteiger partial charge in [0.1, 0.15) is 0 Å². The Morgan fingerprint density at radius 3 is 2.08 bits per heavy atom. The first-order valence-electron chi connectivity index (χ1n) is 4.39. The highest BCUT2D eigenvalue weighted by molar-refractivity contribution is 5.62. The first kappa shape index (κ1) is 14.9. The lowest BCUT2D eigenvalue weighted by Gasteiger charge is -2.11. The van der Waals surface area contributed by atoms with Crippen LogP contribution in [-0.4, -0.2) is 29.1 Å². The summed E-state index contributed by atoms with van der Waals surface area (Å²) in [6, 6.07) is 0. The molecule has 80 valence electrons. The number of carbonyl (C=O) groups is 1. The van der Waals surface area contributed by atoms with Gasteiger partial charge in [0.25, 0.3) is 5.97 Å². The summed E-state index contributed by atoms with van der Waals surface area (Å²) in [5.41, 5.74) is 0. The Balaban J connectivity index is 0. The van der Waals surface area contributed by atoms with Crippen LogP contribution < -0.4 is 0 Å². The van der Waals surface area contributed by atoms with Crippen LogP contribution in [0.15, 0.2) is 0 Å². The van der Waals surface area contributed by atoms with Gasteiger partial charge in [-0.05, 0) is 12.8 Å². The fourth-order valence-electron chi connectivity index (χ4n) is 0.664. The summed E-state index contributed by atoms with van der Waals surface area (Å²) in [6.07, 6.45) is 0.170.